The fourth-order valence-corrected chi connectivity index (χ4v) is 4.88. The third-order valence-corrected chi connectivity index (χ3v) is 6.51. The molecule has 0 radical (unpaired) electrons. The number of rotatable bonds is 7. The van der Waals surface area contributed by atoms with E-state index < -0.39 is 0 Å². The van der Waals surface area contributed by atoms with Crippen molar-refractivity contribution in [2.24, 2.45) is 0 Å². The first kappa shape index (κ1) is 19.1. The summed E-state index contributed by atoms with van der Waals surface area (Å²) >= 11 is 3.47. The summed E-state index contributed by atoms with van der Waals surface area (Å²) in [6.45, 7) is 2.80. The lowest BCUT2D eigenvalue weighted by Crippen LogP contribution is -2.24. The van der Waals surface area contributed by atoms with Gasteiger partial charge in [-0.3, -0.25) is 0 Å². The van der Waals surface area contributed by atoms with Crippen LogP contribution in [0, 0.1) is 6.92 Å². The molecule has 144 valence electrons. The number of thiophene rings is 1. The number of pyridine rings is 1. The lowest BCUT2D eigenvalue weighted by atomic mass is 10.1. The molecule has 4 nitrogen and oxygen atoms in total. The van der Waals surface area contributed by atoms with E-state index in [-0.39, 0.29) is 6.04 Å². The van der Waals surface area contributed by atoms with Crippen LogP contribution in [0.25, 0.3) is 10.9 Å². The fraction of sp³-hybridized carbons (Fsp3) is 0.273. The summed E-state index contributed by atoms with van der Waals surface area (Å²) in [6.07, 6.45) is 0.939. The molecule has 0 saturated carbocycles. The van der Waals surface area contributed by atoms with Crippen molar-refractivity contribution in [2.45, 2.75) is 25.9 Å². The summed E-state index contributed by atoms with van der Waals surface area (Å²) in [6, 6.07) is 12.9. The van der Waals surface area contributed by atoms with Crippen LogP contribution in [0.1, 0.15) is 27.9 Å². The van der Waals surface area contributed by atoms with Crippen LogP contribution in [0.2, 0.25) is 0 Å². The van der Waals surface area contributed by atoms with Gasteiger partial charge >= 0.3 is 0 Å². The molecular formula is C22H24N4S2. The third-order valence-electron chi connectivity index (χ3n) is 4.70. The van der Waals surface area contributed by atoms with Gasteiger partial charge in [-0.05, 0) is 47.9 Å². The van der Waals surface area contributed by atoms with Gasteiger partial charge in [0, 0.05) is 42.7 Å². The van der Waals surface area contributed by atoms with Gasteiger partial charge in [0.25, 0.3) is 0 Å². The Labute approximate surface area is 173 Å². The van der Waals surface area contributed by atoms with E-state index in [1.165, 1.54) is 16.5 Å². The molecule has 0 aliphatic heterocycles. The number of aromatic nitrogens is 2. The number of aryl methyl sites for hydroxylation is 1. The molecule has 0 amide bonds. The van der Waals surface area contributed by atoms with Crippen LogP contribution in [0.3, 0.4) is 0 Å². The van der Waals surface area contributed by atoms with E-state index in [2.05, 4.69) is 63.6 Å². The topological polar surface area (TPSA) is 41.1 Å². The highest BCUT2D eigenvalue weighted by Gasteiger charge is 2.17. The number of hydrogen-bond acceptors (Lipinski definition) is 6. The Balaban J connectivity index is 1.62. The average Bonchev–Trinajstić information content (AvgIpc) is 3.35. The molecule has 0 bridgehead atoms. The van der Waals surface area contributed by atoms with Gasteiger partial charge in [0.2, 0.25) is 0 Å². The van der Waals surface area contributed by atoms with Crippen LogP contribution in [-0.4, -0.2) is 24.1 Å². The van der Waals surface area contributed by atoms with Crippen LogP contribution in [-0.2, 0) is 13.0 Å². The number of fused-ring (bicyclic) bond motifs is 1. The van der Waals surface area contributed by atoms with Crippen LogP contribution in [0.15, 0.2) is 52.5 Å². The minimum atomic E-state index is 0.190. The van der Waals surface area contributed by atoms with Crippen molar-refractivity contribution in [3.8, 4) is 0 Å². The number of anilines is 1. The summed E-state index contributed by atoms with van der Waals surface area (Å²) in [5.41, 5.74) is 4.66. The Bertz CT molecular complexity index is 1050. The summed E-state index contributed by atoms with van der Waals surface area (Å²) in [5.74, 6) is 1.01. The monoisotopic (exact) mass is 408 g/mol. The average molecular weight is 409 g/mol. The fourth-order valence-electron chi connectivity index (χ4n) is 3.32. The highest BCUT2D eigenvalue weighted by molar-refractivity contribution is 7.09. The Morgan fingerprint density at radius 3 is 2.68 bits per heavy atom. The molecule has 3 heterocycles. The zero-order chi connectivity index (χ0) is 19.5. The summed E-state index contributed by atoms with van der Waals surface area (Å²) in [5, 5.41) is 12.5. The standard InChI is InChI=1S/C22H24N4S2/c1-15-13-28-22(24-15)20(10-16-8-9-27-14-16)23-12-18-11-17-6-4-5-7-19(17)25-21(18)26(2)3/h4-9,11,13-14,20,23H,10,12H2,1-3H3/t20-/m1/s1. The second-order valence-electron chi connectivity index (χ2n) is 7.15. The van der Waals surface area contributed by atoms with Gasteiger partial charge in [-0.1, -0.05) is 18.2 Å². The largest absolute Gasteiger partial charge is 0.362 e. The molecule has 0 spiro atoms. The molecule has 0 unspecified atom stereocenters. The van der Waals surface area contributed by atoms with Crippen molar-refractivity contribution in [2.75, 3.05) is 19.0 Å². The maximum Gasteiger partial charge on any atom is 0.133 e. The van der Waals surface area contributed by atoms with E-state index in [1.54, 1.807) is 22.7 Å². The van der Waals surface area contributed by atoms with Gasteiger partial charge in [0.15, 0.2) is 0 Å². The van der Waals surface area contributed by atoms with Crippen LogP contribution in [0.5, 0.6) is 0 Å². The van der Waals surface area contributed by atoms with E-state index in [0.717, 1.165) is 35.0 Å². The number of nitrogens with zero attached hydrogens (tertiary/aromatic N) is 3. The van der Waals surface area contributed by atoms with Crippen LogP contribution in [0.4, 0.5) is 5.82 Å². The van der Waals surface area contributed by atoms with Crippen molar-refractivity contribution in [1.29, 1.82) is 0 Å². The zero-order valence-corrected chi connectivity index (χ0v) is 18.0. The van der Waals surface area contributed by atoms with Gasteiger partial charge < -0.3 is 10.2 Å². The molecule has 1 aromatic carbocycles. The second-order valence-corrected chi connectivity index (χ2v) is 8.82. The lowest BCUT2D eigenvalue weighted by molar-refractivity contribution is 0.527. The maximum absolute atomic E-state index is 4.88. The molecule has 1 atom stereocenters. The molecule has 3 aromatic heterocycles. The second kappa shape index (κ2) is 8.39. The Morgan fingerprint density at radius 1 is 1.11 bits per heavy atom. The van der Waals surface area contributed by atoms with Gasteiger partial charge in [0.05, 0.1) is 11.6 Å². The maximum atomic E-state index is 4.88. The van der Waals surface area contributed by atoms with E-state index in [0.29, 0.717) is 0 Å². The van der Waals surface area contributed by atoms with E-state index in [4.69, 9.17) is 9.97 Å². The molecule has 0 aliphatic carbocycles. The van der Waals surface area contributed by atoms with Crippen molar-refractivity contribution >= 4 is 39.4 Å². The predicted octanol–water partition coefficient (Wildman–Crippen LogP) is 5.20. The highest BCUT2D eigenvalue weighted by atomic mass is 32.1. The lowest BCUT2D eigenvalue weighted by Gasteiger charge is -2.21. The zero-order valence-electron chi connectivity index (χ0n) is 16.3. The summed E-state index contributed by atoms with van der Waals surface area (Å²) < 4.78 is 0. The minimum absolute atomic E-state index is 0.190. The third kappa shape index (κ3) is 4.24. The minimum Gasteiger partial charge on any atom is -0.362 e. The van der Waals surface area contributed by atoms with Gasteiger partial charge in [-0.25, -0.2) is 9.97 Å². The normalized spacial score (nSPS) is 12.4. The molecule has 0 saturated heterocycles. The first-order valence-electron chi connectivity index (χ1n) is 9.32. The summed E-state index contributed by atoms with van der Waals surface area (Å²) in [7, 11) is 4.10. The first-order valence-corrected chi connectivity index (χ1v) is 11.1. The van der Waals surface area contributed by atoms with Crippen molar-refractivity contribution in [3.63, 3.8) is 0 Å². The van der Waals surface area contributed by atoms with Crippen molar-refractivity contribution in [3.05, 3.63) is 74.4 Å². The van der Waals surface area contributed by atoms with Crippen molar-refractivity contribution < 1.29 is 0 Å². The smallest absolute Gasteiger partial charge is 0.133 e. The first-order chi connectivity index (χ1) is 13.6. The molecule has 6 heteroatoms. The Kier molecular flexibility index (Phi) is 5.71. The molecule has 0 fully saturated rings. The molecule has 4 rings (SSSR count). The number of nitrogens with one attached hydrogen (secondary N) is 1. The Hall–Kier alpha value is -2.28. The van der Waals surface area contributed by atoms with Gasteiger partial charge in [-0.2, -0.15) is 11.3 Å². The number of para-hydroxylation sites is 1. The number of thiazole rings is 1. The highest BCUT2D eigenvalue weighted by Crippen LogP contribution is 2.26. The quantitative estimate of drug-likeness (QED) is 0.456. The molecule has 28 heavy (non-hydrogen) atoms. The summed E-state index contributed by atoms with van der Waals surface area (Å²) in [4.78, 5) is 11.7. The molecule has 1 N–H and O–H groups in total. The number of benzene rings is 1. The van der Waals surface area contributed by atoms with E-state index in [9.17, 15) is 0 Å². The molecule has 4 aromatic rings. The van der Waals surface area contributed by atoms with Gasteiger partial charge in [0.1, 0.15) is 10.8 Å². The van der Waals surface area contributed by atoms with Crippen LogP contribution < -0.4 is 10.2 Å². The number of hydrogen-bond donors (Lipinski definition) is 1. The molecular weight excluding hydrogens is 384 g/mol. The van der Waals surface area contributed by atoms with E-state index in [1.807, 2.05) is 20.2 Å². The SMILES string of the molecule is Cc1csc([C@@H](Cc2ccsc2)NCc2cc3ccccc3nc2N(C)C)n1. The van der Waals surface area contributed by atoms with Crippen molar-refractivity contribution in [1.82, 2.24) is 15.3 Å². The molecule has 0 aliphatic rings. The van der Waals surface area contributed by atoms with E-state index >= 15 is 0 Å². The van der Waals surface area contributed by atoms with Gasteiger partial charge in [-0.15, -0.1) is 11.3 Å². The predicted molar refractivity (Wildman–Crippen MR) is 121 cm³/mol. The Morgan fingerprint density at radius 2 is 1.96 bits per heavy atom. The van der Waals surface area contributed by atoms with Crippen LogP contribution >= 0.6 is 22.7 Å².